The van der Waals surface area contributed by atoms with Gasteiger partial charge in [-0.3, -0.25) is 9.59 Å². The smallest absolute Gasteiger partial charge is 0.303 e. The molecule has 112 valence electrons. The van der Waals surface area contributed by atoms with Crippen molar-refractivity contribution in [2.75, 3.05) is 6.54 Å². The molecule has 1 rings (SSSR count). The lowest BCUT2D eigenvalue weighted by Crippen LogP contribution is -2.24. The number of hydrogen-bond donors (Lipinski definition) is 2. The van der Waals surface area contributed by atoms with Gasteiger partial charge in [0.05, 0.1) is 4.88 Å². The first-order chi connectivity index (χ1) is 9.43. The first-order valence-corrected chi connectivity index (χ1v) is 7.85. The van der Waals surface area contributed by atoms with Crippen molar-refractivity contribution in [3.05, 3.63) is 21.4 Å². The van der Waals surface area contributed by atoms with Crippen molar-refractivity contribution in [2.24, 2.45) is 5.92 Å². The summed E-state index contributed by atoms with van der Waals surface area (Å²) in [6.07, 6.45) is 2.61. The summed E-state index contributed by atoms with van der Waals surface area (Å²) in [5.74, 6) is -0.479. The van der Waals surface area contributed by atoms with E-state index in [4.69, 9.17) is 5.11 Å². The summed E-state index contributed by atoms with van der Waals surface area (Å²) in [4.78, 5) is 24.4. The van der Waals surface area contributed by atoms with Crippen LogP contribution in [0.15, 0.2) is 6.07 Å². The fourth-order valence-electron chi connectivity index (χ4n) is 2.02. The van der Waals surface area contributed by atoms with E-state index in [1.165, 1.54) is 21.8 Å². The first kappa shape index (κ1) is 16.7. The second-order valence-electron chi connectivity index (χ2n) is 5.13. The summed E-state index contributed by atoms with van der Waals surface area (Å²) < 4.78 is 0. The highest BCUT2D eigenvalue weighted by Crippen LogP contribution is 2.21. The molecule has 0 bridgehead atoms. The molecule has 20 heavy (non-hydrogen) atoms. The van der Waals surface area contributed by atoms with Gasteiger partial charge >= 0.3 is 5.97 Å². The Balaban J connectivity index is 2.34. The number of carbonyl (C=O) groups is 2. The summed E-state index contributed by atoms with van der Waals surface area (Å²) in [5, 5.41) is 11.5. The maximum absolute atomic E-state index is 12.0. The average Bonchev–Trinajstić information content (AvgIpc) is 2.77. The van der Waals surface area contributed by atoms with E-state index in [2.05, 4.69) is 12.2 Å². The topological polar surface area (TPSA) is 66.4 Å². The summed E-state index contributed by atoms with van der Waals surface area (Å²) in [6.45, 7) is 6.73. The van der Waals surface area contributed by atoms with Gasteiger partial charge in [-0.1, -0.05) is 13.8 Å². The standard InChI is InChI=1S/C15H23NO3S/c1-4-12-9-13(20-11(12)3)15(19)16-8-7-10(2)5-6-14(17)18/h9-10H,4-8H2,1-3H3,(H,16,19)(H,17,18). The van der Waals surface area contributed by atoms with Crippen LogP contribution in [0.4, 0.5) is 0 Å². The van der Waals surface area contributed by atoms with Gasteiger partial charge < -0.3 is 10.4 Å². The molecular weight excluding hydrogens is 274 g/mol. The number of carboxylic acids is 1. The van der Waals surface area contributed by atoms with Gasteiger partial charge in [-0.05, 0) is 43.7 Å². The Morgan fingerprint density at radius 2 is 2.10 bits per heavy atom. The minimum atomic E-state index is -0.762. The van der Waals surface area contributed by atoms with Crippen LogP contribution in [0.2, 0.25) is 0 Å². The third-order valence-electron chi connectivity index (χ3n) is 3.40. The normalized spacial score (nSPS) is 12.2. The van der Waals surface area contributed by atoms with E-state index in [9.17, 15) is 9.59 Å². The predicted molar refractivity (Wildman–Crippen MR) is 81.4 cm³/mol. The molecule has 2 N–H and O–H groups in total. The molecule has 0 saturated carbocycles. The minimum Gasteiger partial charge on any atom is -0.481 e. The van der Waals surface area contributed by atoms with E-state index < -0.39 is 5.97 Å². The molecule has 1 aromatic heterocycles. The summed E-state index contributed by atoms with van der Waals surface area (Å²) in [5.41, 5.74) is 1.23. The number of hydrogen-bond acceptors (Lipinski definition) is 3. The van der Waals surface area contributed by atoms with Crippen LogP contribution in [0.5, 0.6) is 0 Å². The highest BCUT2D eigenvalue weighted by molar-refractivity contribution is 7.14. The molecule has 1 heterocycles. The summed E-state index contributed by atoms with van der Waals surface area (Å²) >= 11 is 1.53. The van der Waals surface area contributed by atoms with Gasteiger partial charge in [0.1, 0.15) is 0 Å². The number of rotatable bonds is 8. The van der Waals surface area contributed by atoms with Crippen LogP contribution >= 0.6 is 11.3 Å². The average molecular weight is 297 g/mol. The third kappa shape index (κ3) is 5.33. The van der Waals surface area contributed by atoms with E-state index in [-0.39, 0.29) is 12.3 Å². The maximum atomic E-state index is 12.0. The van der Waals surface area contributed by atoms with Gasteiger partial charge in [-0.2, -0.15) is 0 Å². The molecule has 4 nitrogen and oxygen atoms in total. The van der Waals surface area contributed by atoms with E-state index >= 15 is 0 Å². The van der Waals surface area contributed by atoms with Crippen LogP contribution < -0.4 is 5.32 Å². The van der Waals surface area contributed by atoms with Crippen molar-refractivity contribution >= 4 is 23.2 Å². The van der Waals surface area contributed by atoms with Crippen molar-refractivity contribution in [1.29, 1.82) is 0 Å². The van der Waals surface area contributed by atoms with Gasteiger partial charge in [-0.25, -0.2) is 0 Å². The number of carbonyl (C=O) groups excluding carboxylic acids is 1. The van der Waals surface area contributed by atoms with Gasteiger partial charge in [-0.15, -0.1) is 11.3 Å². The Morgan fingerprint density at radius 3 is 2.65 bits per heavy atom. The Bertz CT molecular complexity index is 468. The molecule has 0 aliphatic carbocycles. The van der Waals surface area contributed by atoms with Crippen molar-refractivity contribution in [3.63, 3.8) is 0 Å². The molecule has 5 heteroatoms. The van der Waals surface area contributed by atoms with Crippen molar-refractivity contribution in [2.45, 2.75) is 46.5 Å². The SMILES string of the molecule is CCc1cc(C(=O)NCCC(C)CCC(=O)O)sc1C. The van der Waals surface area contributed by atoms with Crippen LogP contribution in [-0.4, -0.2) is 23.5 Å². The second-order valence-corrected chi connectivity index (χ2v) is 6.38. The zero-order chi connectivity index (χ0) is 15.1. The lowest BCUT2D eigenvalue weighted by Gasteiger charge is -2.10. The number of carboxylic acid groups (broad SMARTS) is 1. The maximum Gasteiger partial charge on any atom is 0.303 e. The van der Waals surface area contributed by atoms with E-state index in [1.807, 2.05) is 19.9 Å². The Hall–Kier alpha value is -1.36. The molecule has 0 saturated heterocycles. The lowest BCUT2D eigenvalue weighted by atomic mass is 10.0. The fourth-order valence-corrected chi connectivity index (χ4v) is 3.05. The minimum absolute atomic E-state index is 0.0248. The summed E-state index contributed by atoms with van der Waals surface area (Å²) in [7, 11) is 0. The Labute approximate surface area is 124 Å². The Kier molecular flexibility index (Phi) is 6.71. The van der Waals surface area contributed by atoms with Crippen LogP contribution in [0, 0.1) is 12.8 Å². The Morgan fingerprint density at radius 1 is 1.40 bits per heavy atom. The highest BCUT2D eigenvalue weighted by atomic mass is 32.1. The van der Waals surface area contributed by atoms with Gasteiger partial charge in [0, 0.05) is 17.8 Å². The van der Waals surface area contributed by atoms with Crippen LogP contribution in [0.1, 0.15) is 53.2 Å². The molecular formula is C15H23NO3S. The zero-order valence-corrected chi connectivity index (χ0v) is 13.2. The van der Waals surface area contributed by atoms with Gasteiger partial charge in [0.25, 0.3) is 5.91 Å². The predicted octanol–water partition coefficient (Wildman–Crippen LogP) is 3.24. The largest absolute Gasteiger partial charge is 0.481 e. The number of nitrogens with one attached hydrogen (secondary N) is 1. The first-order valence-electron chi connectivity index (χ1n) is 7.03. The van der Waals surface area contributed by atoms with Crippen LogP contribution in [-0.2, 0) is 11.2 Å². The zero-order valence-electron chi connectivity index (χ0n) is 12.4. The molecule has 0 aromatic carbocycles. The van der Waals surface area contributed by atoms with Crippen LogP contribution in [0.3, 0.4) is 0 Å². The van der Waals surface area contributed by atoms with Crippen molar-refractivity contribution < 1.29 is 14.7 Å². The van der Waals surface area contributed by atoms with Crippen molar-refractivity contribution in [1.82, 2.24) is 5.32 Å². The fraction of sp³-hybridized carbons (Fsp3) is 0.600. The van der Waals surface area contributed by atoms with E-state index in [0.717, 1.165) is 17.7 Å². The number of amides is 1. The molecule has 0 radical (unpaired) electrons. The number of aliphatic carboxylic acids is 1. The number of thiophene rings is 1. The third-order valence-corrected chi connectivity index (χ3v) is 4.49. The molecule has 1 unspecified atom stereocenters. The highest BCUT2D eigenvalue weighted by Gasteiger charge is 2.12. The molecule has 0 aliphatic rings. The molecule has 1 amide bonds. The van der Waals surface area contributed by atoms with Gasteiger partial charge in [0.15, 0.2) is 0 Å². The van der Waals surface area contributed by atoms with E-state index in [0.29, 0.717) is 18.9 Å². The summed E-state index contributed by atoms with van der Waals surface area (Å²) in [6, 6.07) is 1.96. The quantitative estimate of drug-likeness (QED) is 0.774. The molecule has 0 aliphatic heterocycles. The number of aryl methyl sites for hydroxylation is 2. The van der Waals surface area contributed by atoms with Crippen LogP contribution in [0.25, 0.3) is 0 Å². The van der Waals surface area contributed by atoms with E-state index in [1.54, 1.807) is 0 Å². The monoisotopic (exact) mass is 297 g/mol. The second kappa shape index (κ2) is 8.04. The van der Waals surface area contributed by atoms with Gasteiger partial charge in [0.2, 0.25) is 0 Å². The van der Waals surface area contributed by atoms with Crippen molar-refractivity contribution in [3.8, 4) is 0 Å². The molecule has 1 aromatic rings. The molecule has 0 fully saturated rings. The lowest BCUT2D eigenvalue weighted by molar-refractivity contribution is -0.137. The molecule has 1 atom stereocenters. The molecule has 0 spiro atoms.